The number of aromatic amines is 1. The van der Waals surface area contributed by atoms with Gasteiger partial charge < -0.3 is 14.5 Å². The molecule has 0 radical (unpaired) electrons. The van der Waals surface area contributed by atoms with E-state index in [4.69, 9.17) is 21.1 Å². The third-order valence-corrected chi connectivity index (χ3v) is 2.13. The van der Waals surface area contributed by atoms with Gasteiger partial charge in [-0.25, -0.2) is 4.98 Å². The van der Waals surface area contributed by atoms with E-state index in [1.165, 1.54) is 0 Å². The largest absolute Gasteiger partial charge is 0.454 e. The number of rotatable bonds is 0. The highest BCUT2D eigenvalue weighted by Crippen LogP contribution is 2.35. The van der Waals surface area contributed by atoms with Crippen molar-refractivity contribution in [2.24, 2.45) is 0 Å². The second-order valence-electron chi connectivity index (χ2n) is 2.75. The third kappa shape index (κ3) is 0.954. The molecule has 1 aromatic heterocycles. The van der Waals surface area contributed by atoms with E-state index in [0.717, 1.165) is 22.5 Å². The van der Waals surface area contributed by atoms with Crippen molar-refractivity contribution in [1.82, 2.24) is 9.97 Å². The summed E-state index contributed by atoms with van der Waals surface area (Å²) in [4.78, 5) is 6.97. The second-order valence-corrected chi connectivity index (χ2v) is 3.11. The first kappa shape index (κ1) is 7.03. The predicted octanol–water partition coefficient (Wildman–Crippen LogP) is 1.94. The number of imidazole rings is 1. The minimum Gasteiger partial charge on any atom is -0.454 e. The van der Waals surface area contributed by atoms with Crippen molar-refractivity contribution >= 4 is 22.6 Å². The Kier molecular flexibility index (Phi) is 1.24. The molecule has 0 saturated heterocycles. The van der Waals surface area contributed by atoms with E-state index in [0.29, 0.717) is 5.28 Å². The van der Waals surface area contributed by atoms with Gasteiger partial charge in [0, 0.05) is 12.1 Å². The van der Waals surface area contributed by atoms with Crippen molar-refractivity contribution in [1.29, 1.82) is 0 Å². The summed E-state index contributed by atoms with van der Waals surface area (Å²) in [5.41, 5.74) is 1.64. The molecule has 66 valence electrons. The second kappa shape index (κ2) is 2.29. The molecule has 2 heterocycles. The molecule has 0 aliphatic carbocycles. The Balaban J connectivity index is 2.35. The van der Waals surface area contributed by atoms with Gasteiger partial charge in [-0.05, 0) is 11.6 Å². The molecule has 0 bridgehead atoms. The Morgan fingerprint density at radius 3 is 2.92 bits per heavy atom. The van der Waals surface area contributed by atoms with Crippen LogP contribution >= 0.6 is 11.6 Å². The molecule has 5 heteroatoms. The molecular formula is C8H5ClN2O2. The molecule has 13 heavy (non-hydrogen) atoms. The van der Waals surface area contributed by atoms with Gasteiger partial charge in [-0.3, -0.25) is 0 Å². The van der Waals surface area contributed by atoms with Crippen LogP contribution in [0.15, 0.2) is 12.1 Å². The molecule has 0 saturated carbocycles. The number of H-pyrrole nitrogens is 1. The lowest BCUT2D eigenvalue weighted by molar-refractivity contribution is 0.174. The van der Waals surface area contributed by atoms with E-state index in [1.807, 2.05) is 6.07 Å². The number of fused-ring (bicyclic) bond motifs is 2. The number of hydrogen-bond donors (Lipinski definition) is 1. The molecule has 1 aliphatic heterocycles. The summed E-state index contributed by atoms with van der Waals surface area (Å²) in [6.45, 7) is 0.273. The van der Waals surface area contributed by atoms with Crippen LogP contribution in [0.4, 0.5) is 0 Å². The average molecular weight is 197 g/mol. The fourth-order valence-electron chi connectivity index (χ4n) is 1.37. The molecule has 0 fully saturated rings. The summed E-state index contributed by atoms with van der Waals surface area (Å²) in [5.74, 6) is 1.45. The number of benzene rings is 1. The third-order valence-electron chi connectivity index (χ3n) is 1.95. The lowest BCUT2D eigenvalue weighted by Crippen LogP contribution is -1.92. The Labute approximate surface area is 78.4 Å². The summed E-state index contributed by atoms with van der Waals surface area (Å²) in [5, 5.41) is 0.374. The van der Waals surface area contributed by atoms with Crippen LogP contribution in [0.3, 0.4) is 0 Å². The standard InChI is InChI=1S/C8H5ClN2O2/c9-8-10-4-1-6-7(13-3-12-6)2-5(4)11-8/h1-2H,3H2,(H,10,11). The van der Waals surface area contributed by atoms with Gasteiger partial charge in [0.1, 0.15) is 0 Å². The number of aromatic nitrogens is 2. The van der Waals surface area contributed by atoms with Crippen molar-refractivity contribution in [2.75, 3.05) is 6.79 Å². The lowest BCUT2D eigenvalue weighted by Gasteiger charge is -1.93. The van der Waals surface area contributed by atoms with Gasteiger partial charge in [-0.2, -0.15) is 0 Å². The topological polar surface area (TPSA) is 47.1 Å². The van der Waals surface area contributed by atoms with Gasteiger partial charge in [0.15, 0.2) is 11.5 Å². The zero-order chi connectivity index (χ0) is 8.84. The molecule has 3 rings (SSSR count). The number of hydrogen-bond acceptors (Lipinski definition) is 3. The van der Waals surface area contributed by atoms with Crippen molar-refractivity contribution < 1.29 is 9.47 Å². The molecule has 2 aromatic rings. The molecule has 4 nitrogen and oxygen atoms in total. The SMILES string of the molecule is Clc1nc2cc3c(cc2[nH]1)OCO3. The van der Waals surface area contributed by atoms with Crippen LogP contribution in [-0.4, -0.2) is 16.8 Å². The number of nitrogens with zero attached hydrogens (tertiary/aromatic N) is 1. The zero-order valence-electron chi connectivity index (χ0n) is 6.50. The van der Waals surface area contributed by atoms with E-state index in [9.17, 15) is 0 Å². The Morgan fingerprint density at radius 2 is 2.08 bits per heavy atom. The first-order valence-electron chi connectivity index (χ1n) is 3.78. The minimum atomic E-state index is 0.273. The summed E-state index contributed by atoms with van der Waals surface area (Å²) in [6.07, 6.45) is 0. The van der Waals surface area contributed by atoms with Crippen LogP contribution in [0.1, 0.15) is 0 Å². The van der Waals surface area contributed by atoms with Gasteiger partial charge >= 0.3 is 0 Å². The van der Waals surface area contributed by atoms with Crippen molar-refractivity contribution in [3.05, 3.63) is 17.4 Å². The number of ether oxygens (including phenoxy) is 2. The van der Waals surface area contributed by atoms with E-state index in [2.05, 4.69) is 9.97 Å². The molecule has 1 aromatic carbocycles. The summed E-state index contributed by atoms with van der Waals surface area (Å²) < 4.78 is 10.4. The molecule has 1 N–H and O–H groups in total. The fourth-order valence-corrected chi connectivity index (χ4v) is 1.56. The first-order chi connectivity index (χ1) is 6.33. The van der Waals surface area contributed by atoms with E-state index in [-0.39, 0.29) is 6.79 Å². The van der Waals surface area contributed by atoms with Gasteiger partial charge in [-0.15, -0.1) is 0 Å². The van der Waals surface area contributed by atoms with E-state index >= 15 is 0 Å². The quantitative estimate of drug-likeness (QED) is 0.701. The van der Waals surface area contributed by atoms with Gasteiger partial charge in [-0.1, -0.05) is 0 Å². The first-order valence-corrected chi connectivity index (χ1v) is 4.15. The normalized spacial score (nSPS) is 13.9. The highest BCUT2D eigenvalue weighted by Gasteiger charge is 2.15. The summed E-state index contributed by atoms with van der Waals surface area (Å²) >= 11 is 5.70. The number of halogens is 1. The zero-order valence-corrected chi connectivity index (χ0v) is 7.26. The Bertz CT molecular complexity index is 439. The van der Waals surface area contributed by atoms with Gasteiger partial charge in [0.2, 0.25) is 12.1 Å². The van der Waals surface area contributed by atoms with E-state index in [1.54, 1.807) is 6.07 Å². The average Bonchev–Trinajstić information content (AvgIpc) is 2.63. The van der Waals surface area contributed by atoms with Crippen molar-refractivity contribution in [2.45, 2.75) is 0 Å². The fraction of sp³-hybridized carbons (Fsp3) is 0.125. The summed E-state index contributed by atoms with van der Waals surface area (Å²) in [6, 6.07) is 3.64. The summed E-state index contributed by atoms with van der Waals surface area (Å²) in [7, 11) is 0. The molecule has 1 aliphatic rings. The predicted molar refractivity (Wildman–Crippen MR) is 47.2 cm³/mol. The van der Waals surface area contributed by atoms with Crippen molar-refractivity contribution in [3.63, 3.8) is 0 Å². The maximum atomic E-state index is 5.70. The lowest BCUT2D eigenvalue weighted by atomic mass is 10.3. The molecule has 0 amide bonds. The molecule has 0 spiro atoms. The van der Waals surface area contributed by atoms with Crippen LogP contribution < -0.4 is 9.47 Å². The smallest absolute Gasteiger partial charge is 0.231 e. The van der Waals surface area contributed by atoms with Gasteiger partial charge in [0.05, 0.1) is 11.0 Å². The monoisotopic (exact) mass is 196 g/mol. The highest BCUT2D eigenvalue weighted by atomic mass is 35.5. The van der Waals surface area contributed by atoms with Crippen LogP contribution in [0.2, 0.25) is 5.28 Å². The van der Waals surface area contributed by atoms with E-state index < -0.39 is 0 Å². The maximum absolute atomic E-state index is 5.70. The molecule has 0 atom stereocenters. The minimum absolute atomic E-state index is 0.273. The number of nitrogens with one attached hydrogen (secondary N) is 1. The van der Waals surface area contributed by atoms with Gasteiger partial charge in [0.25, 0.3) is 0 Å². The molecule has 0 unspecified atom stereocenters. The Hall–Kier alpha value is -1.42. The van der Waals surface area contributed by atoms with Crippen LogP contribution in [-0.2, 0) is 0 Å². The van der Waals surface area contributed by atoms with Crippen LogP contribution in [0, 0.1) is 0 Å². The maximum Gasteiger partial charge on any atom is 0.231 e. The Morgan fingerprint density at radius 1 is 1.31 bits per heavy atom. The molecular weight excluding hydrogens is 192 g/mol. The van der Waals surface area contributed by atoms with Crippen molar-refractivity contribution in [3.8, 4) is 11.5 Å². The van der Waals surface area contributed by atoms with Crippen LogP contribution in [0.5, 0.6) is 11.5 Å². The highest BCUT2D eigenvalue weighted by molar-refractivity contribution is 6.29. The van der Waals surface area contributed by atoms with Crippen LogP contribution in [0.25, 0.3) is 11.0 Å².